The molecule has 0 aliphatic carbocycles. The maximum Gasteiger partial charge on any atom is 0.245 e. The van der Waals surface area contributed by atoms with Gasteiger partial charge in [-0.15, -0.1) is 0 Å². The summed E-state index contributed by atoms with van der Waals surface area (Å²) in [6.07, 6.45) is 3.34. The number of benzene rings is 1. The van der Waals surface area contributed by atoms with Gasteiger partial charge in [0.05, 0.1) is 17.7 Å². The van der Waals surface area contributed by atoms with Crippen LogP contribution >= 0.6 is 0 Å². The molecule has 25 heavy (non-hydrogen) atoms. The molecule has 0 unspecified atom stereocenters. The van der Waals surface area contributed by atoms with E-state index in [1.807, 2.05) is 18.4 Å². The highest BCUT2D eigenvalue weighted by Crippen LogP contribution is 2.35. The number of aromatic nitrogens is 2. The number of hydrogen-bond donors (Lipinski definition) is 1. The van der Waals surface area contributed by atoms with Crippen LogP contribution in [0.5, 0.6) is 0 Å². The van der Waals surface area contributed by atoms with Crippen LogP contribution in [0.4, 0.5) is 4.39 Å². The Morgan fingerprint density at radius 3 is 2.40 bits per heavy atom. The van der Waals surface area contributed by atoms with Crippen molar-refractivity contribution in [2.75, 3.05) is 26.3 Å². The molecule has 0 atom stereocenters. The monoisotopic (exact) mass is 347 g/mol. The largest absolute Gasteiger partial charge is 0.335 e. The van der Waals surface area contributed by atoms with Gasteiger partial charge in [0, 0.05) is 24.7 Å². The predicted octanol–water partition coefficient (Wildman–Crippen LogP) is 3.69. The molecule has 1 aliphatic heterocycles. The van der Waals surface area contributed by atoms with Gasteiger partial charge in [-0.3, -0.25) is 4.57 Å². The van der Waals surface area contributed by atoms with E-state index in [2.05, 4.69) is 5.32 Å². The van der Waals surface area contributed by atoms with Crippen molar-refractivity contribution in [2.24, 2.45) is 0 Å². The van der Waals surface area contributed by atoms with Gasteiger partial charge >= 0.3 is 0 Å². The summed E-state index contributed by atoms with van der Waals surface area (Å²) in [7, 11) is 0. The second-order valence-electron chi connectivity index (χ2n) is 6.13. The first kappa shape index (κ1) is 18.0. The molecule has 1 saturated heterocycles. The quantitative estimate of drug-likeness (QED) is 0.776. The van der Waals surface area contributed by atoms with Crippen LogP contribution in [0.15, 0.2) is 30.6 Å². The van der Waals surface area contributed by atoms with Crippen LogP contribution in [-0.4, -0.2) is 35.9 Å². The van der Waals surface area contributed by atoms with Crippen LogP contribution < -0.4 is 5.32 Å². The molecule has 3 rings (SSSR count). The zero-order chi connectivity index (χ0) is 17.6. The van der Waals surface area contributed by atoms with E-state index in [9.17, 15) is 4.39 Å². The first-order chi connectivity index (χ1) is 12.2. The number of imidazole rings is 1. The molecule has 1 aromatic heterocycles. The van der Waals surface area contributed by atoms with Gasteiger partial charge in [0.1, 0.15) is 5.82 Å². The minimum atomic E-state index is -0.530. The average Bonchev–Trinajstić information content (AvgIpc) is 3.08. The van der Waals surface area contributed by atoms with E-state index in [0.717, 1.165) is 42.9 Å². The van der Waals surface area contributed by atoms with Crippen LogP contribution in [0.2, 0.25) is 0 Å². The lowest BCUT2D eigenvalue weighted by molar-refractivity contribution is -0.185. The molecule has 2 aromatic rings. The fourth-order valence-electron chi connectivity index (χ4n) is 3.33. The molecule has 136 valence electrons. The topological polar surface area (TPSA) is 48.3 Å². The summed E-state index contributed by atoms with van der Waals surface area (Å²) in [5.41, 5.74) is 2.92. The highest BCUT2D eigenvalue weighted by Gasteiger charge is 2.26. The third-order valence-corrected chi connectivity index (χ3v) is 4.51. The van der Waals surface area contributed by atoms with E-state index in [0.29, 0.717) is 19.1 Å². The lowest BCUT2D eigenvalue weighted by atomic mass is 9.91. The summed E-state index contributed by atoms with van der Waals surface area (Å²) in [5.74, 6) is 0.135. The van der Waals surface area contributed by atoms with Gasteiger partial charge in [-0.1, -0.05) is 0 Å². The van der Waals surface area contributed by atoms with Crippen molar-refractivity contribution in [3.8, 4) is 11.3 Å². The molecule has 0 bridgehead atoms. The molecule has 5 nitrogen and oxygen atoms in total. The summed E-state index contributed by atoms with van der Waals surface area (Å²) in [5, 5.41) is 3.39. The Morgan fingerprint density at radius 1 is 1.16 bits per heavy atom. The lowest BCUT2D eigenvalue weighted by Crippen LogP contribution is -2.27. The smallest absolute Gasteiger partial charge is 0.245 e. The third kappa shape index (κ3) is 4.08. The molecule has 2 heterocycles. The van der Waals surface area contributed by atoms with Crippen LogP contribution in [0.1, 0.15) is 44.7 Å². The Labute approximate surface area is 148 Å². The summed E-state index contributed by atoms with van der Waals surface area (Å²) in [6, 6.07) is 6.55. The molecule has 0 spiro atoms. The Morgan fingerprint density at radius 2 is 1.80 bits per heavy atom. The van der Waals surface area contributed by atoms with E-state index in [1.54, 1.807) is 18.5 Å². The minimum Gasteiger partial charge on any atom is -0.335 e. The molecule has 0 radical (unpaired) electrons. The number of rotatable bonds is 7. The molecule has 0 saturated carbocycles. The van der Waals surface area contributed by atoms with Crippen LogP contribution in [0, 0.1) is 5.82 Å². The van der Waals surface area contributed by atoms with Crippen molar-refractivity contribution in [2.45, 2.75) is 39.0 Å². The maximum absolute atomic E-state index is 13.4. The van der Waals surface area contributed by atoms with Crippen molar-refractivity contribution in [1.82, 2.24) is 14.9 Å². The number of halogens is 1. The Kier molecular flexibility index (Phi) is 6.18. The van der Waals surface area contributed by atoms with E-state index in [1.165, 1.54) is 12.1 Å². The first-order valence-corrected chi connectivity index (χ1v) is 9.01. The summed E-state index contributed by atoms with van der Waals surface area (Å²) in [4.78, 5) is 4.71. The van der Waals surface area contributed by atoms with Gasteiger partial charge in [0.25, 0.3) is 0 Å². The van der Waals surface area contributed by atoms with E-state index in [4.69, 9.17) is 14.5 Å². The second-order valence-corrected chi connectivity index (χ2v) is 6.13. The van der Waals surface area contributed by atoms with Gasteiger partial charge in [0.15, 0.2) is 0 Å². The lowest BCUT2D eigenvalue weighted by Gasteiger charge is -2.24. The highest BCUT2D eigenvalue weighted by atomic mass is 19.1. The minimum absolute atomic E-state index is 0.246. The predicted molar refractivity (Wildman–Crippen MR) is 94.8 cm³/mol. The van der Waals surface area contributed by atoms with Gasteiger partial charge < -0.3 is 14.8 Å². The number of piperidine rings is 1. The number of ether oxygens (including phenoxy) is 2. The van der Waals surface area contributed by atoms with Crippen LogP contribution in [-0.2, 0) is 9.47 Å². The Hall–Kier alpha value is -1.76. The fraction of sp³-hybridized carbons (Fsp3) is 0.526. The average molecular weight is 347 g/mol. The maximum atomic E-state index is 13.4. The van der Waals surface area contributed by atoms with Crippen LogP contribution in [0.25, 0.3) is 11.3 Å². The van der Waals surface area contributed by atoms with Gasteiger partial charge in [0.2, 0.25) is 6.41 Å². The third-order valence-electron chi connectivity index (χ3n) is 4.51. The van der Waals surface area contributed by atoms with Crippen molar-refractivity contribution in [1.29, 1.82) is 0 Å². The molecule has 6 heteroatoms. The van der Waals surface area contributed by atoms with E-state index in [-0.39, 0.29) is 5.82 Å². The standard InChI is InChI=1S/C19H26FN3O2/c1-3-24-19(25-4-2)23-13-22-17(14-9-11-21-12-10-14)18(23)15-5-7-16(20)8-6-15/h5-8,13-14,19,21H,3-4,9-12H2,1-2H3. The van der Waals surface area contributed by atoms with Crippen molar-refractivity contribution < 1.29 is 13.9 Å². The van der Waals surface area contributed by atoms with Crippen LogP contribution in [0.3, 0.4) is 0 Å². The highest BCUT2D eigenvalue weighted by molar-refractivity contribution is 5.63. The zero-order valence-corrected chi connectivity index (χ0v) is 14.9. The summed E-state index contributed by atoms with van der Waals surface area (Å²) in [6.45, 7) is 6.92. The fourth-order valence-corrected chi connectivity index (χ4v) is 3.33. The van der Waals surface area contributed by atoms with E-state index < -0.39 is 6.41 Å². The second kappa shape index (κ2) is 8.56. The van der Waals surface area contributed by atoms with Gasteiger partial charge in [-0.05, 0) is 64.0 Å². The summed E-state index contributed by atoms with van der Waals surface area (Å²) < 4.78 is 26.9. The molecule has 1 aliphatic rings. The number of hydrogen-bond acceptors (Lipinski definition) is 4. The van der Waals surface area contributed by atoms with Gasteiger partial charge in [-0.2, -0.15) is 0 Å². The molecular weight excluding hydrogens is 321 g/mol. The van der Waals surface area contributed by atoms with Gasteiger partial charge in [-0.25, -0.2) is 9.37 Å². The zero-order valence-electron chi connectivity index (χ0n) is 14.9. The molecule has 1 fully saturated rings. The van der Waals surface area contributed by atoms with Crippen molar-refractivity contribution in [3.63, 3.8) is 0 Å². The Bertz CT molecular complexity index is 660. The normalized spacial score (nSPS) is 15.8. The summed E-state index contributed by atoms with van der Waals surface area (Å²) >= 11 is 0. The van der Waals surface area contributed by atoms with Crippen molar-refractivity contribution >= 4 is 0 Å². The SMILES string of the molecule is CCOC(OCC)n1cnc(C2CCNCC2)c1-c1ccc(F)cc1. The first-order valence-electron chi connectivity index (χ1n) is 9.01. The molecule has 1 N–H and O–H groups in total. The number of nitrogens with one attached hydrogen (secondary N) is 1. The molecule has 1 aromatic carbocycles. The van der Waals surface area contributed by atoms with E-state index >= 15 is 0 Å². The van der Waals surface area contributed by atoms with Crippen molar-refractivity contribution in [3.05, 3.63) is 42.1 Å². The Balaban J connectivity index is 2.04. The molecule has 0 amide bonds. The number of nitrogens with zero attached hydrogens (tertiary/aromatic N) is 2. The molecular formula is C19H26FN3O2.